The Bertz CT molecular complexity index is 254. The van der Waals surface area contributed by atoms with Crippen molar-refractivity contribution in [1.29, 1.82) is 0 Å². The van der Waals surface area contributed by atoms with Gasteiger partial charge in [0, 0.05) is 18.0 Å². The van der Waals surface area contributed by atoms with E-state index in [0.717, 1.165) is 10.7 Å². The maximum Gasteiger partial charge on any atom is 0.179 e. The van der Waals surface area contributed by atoms with E-state index in [4.69, 9.17) is 0 Å². The maximum absolute atomic E-state index is 11.2. The van der Waals surface area contributed by atoms with E-state index in [1.54, 1.807) is 31.0 Å². The smallest absolute Gasteiger partial charge is 0.179 e. The van der Waals surface area contributed by atoms with E-state index >= 15 is 0 Å². The molecule has 0 saturated heterocycles. The fourth-order valence-corrected chi connectivity index (χ4v) is 1.60. The first-order valence-electron chi connectivity index (χ1n) is 4.16. The highest BCUT2D eigenvalue weighted by molar-refractivity contribution is 8.03. The molecule has 0 N–H and O–H groups in total. The molecule has 0 rings (SSSR count). The highest BCUT2D eigenvalue weighted by Crippen LogP contribution is 2.21. The molecule has 0 aliphatic rings. The van der Waals surface area contributed by atoms with Gasteiger partial charge < -0.3 is 0 Å². The predicted octanol–water partition coefficient (Wildman–Crippen LogP) is 2.82. The predicted molar refractivity (Wildman–Crippen MR) is 60.2 cm³/mol. The first kappa shape index (κ1) is 12.2. The Hall–Kier alpha value is -0.830. The minimum absolute atomic E-state index is 0.0195. The third kappa shape index (κ3) is 4.08. The van der Waals surface area contributed by atoms with Crippen LogP contribution < -0.4 is 0 Å². The maximum atomic E-state index is 11.2. The number of Topliss-reactive ketones (excluding diaryl/α,β-unsaturated/α-hetero) is 1. The lowest BCUT2D eigenvalue weighted by Crippen LogP contribution is -1.96. The van der Waals surface area contributed by atoms with Crippen LogP contribution in [0.5, 0.6) is 0 Å². The molecule has 0 aliphatic carbocycles. The van der Waals surface area contributed by atoms with Gasteiger partial charge in [-0.05, 0) is 12.7 Å². The Morgan fingerprint density at radius 3 is 2.54 bits per heavy atom. The average molecular weight is 197 g/mol. The van der Waals surface area contributed by atoms with Crippen molar-refractivity contribution in [2.75, 3.05) is 5.75 Å². The van der Waals surface area contributed by atoms with Gasteiger partial charge in [-0.3, -0.25) is 9.79 Å². The van der Waals surface area contributed by atoms with Crippen LogP contribution in [0.15, 0.2) is 28.2 Å². The molecule has 2 nitrogen and oxygen atoms in total. The zero-order valence-electron chi connectivity index (χ0n) is 8.33. The molecule has 0 spiro atoms. The van der Waals surface area contributed by atoms with Crippen LogP contribution in [0.25, 0.3) is 0 Å². The van der Waals surface area contributed by atoms with Crippen molar-refractivity contribution >= 4 is 23.8 Å². The van der Waals surface area contributed by atoms with Crippen LogP contribution in [0.4, 0.5) is 0 Å². The van der Waals surface area contributed by atoms with Crippen molar-refractivity contribution in [2.24, 2.45) is 4.99 Å². The Balaban J connectivity index is 4.99. The quantitative estimate of drug-likeness (QED) is 0.385. The van der Waals surface area contributed by atoms with E-state index in [9.17, 15) is 4.79 Å². The van der Waals surface area contributed by atoms with Crippen LogP contribution in [0, 0.1) is 0 Å². The molecular formula is C10H15NOS. The molecule has 0 saturated carbocycles. The zero-order chi connectivity index (χ0) is 10.3. The summed E-state index contributed by atoms with van der Waals surface area (Å²) in [5, 5.41) is 0. The van der Waals surface area contributed by atoms with Gasteiger partial charge in [0.2, 0.25) is 0 Å². The number of ketones is 1. The first-order chi connectivity index (χ1) is 6.17. The summed E-state index contributed by atoms with van der Waals surface area (Å²) >= 11 is 1.58. The monoisotopic (exact) mass is 197 g/mol. The molecule has 0 unspecified atom stereocenters. The zero-order valence-corrected chi connectivity index (χ0v) is 9.15. The largest absolute Gasteiger partial charge is 0.293 e. The Morgan fingerprint density at radius 2 is 2.23 bits per heavy atom. The van der Waals surface area contributed by atoms with Gasteiger partial charge in [-0.1, -0.05) is 19.6 Å². The molecule has 0 aromatic carbocycles. The van der Waals surface area contributed by atoms with E-state index in [2.05, 4.69) is 11.6 Å². The summed E-state index contributed by atoms with van der Waals surface area (Å²) in [4.78, 5) is 16.1. The second kappa shape index (κ2) is 6.66. The van der Waals surface area contributed by atoms with E-state index in [-0.39, 0.29) is 5.78 Å². The molecule has 72 valence electrons. The molecule has 0 aromatic rings. The van der Waals surface area contributed by atoms with Gasteiger partial charge in [0.15, 0.2) is 5.78 Å². The van der Waals surface area contributed by atoms with Crippen molar-refractivity contribution in [2.45, 2.75) is 20.8 Å². The van der Waals surface area contributed by atoms with Crippen LogP contribution >= 0.6 is 11.8 Å². The lowest BCUT2D eigenvalue weighted by atomic mass is 10.3. The van der Waals surface area contributed by atoms with Crippen LogP contribution in [0.2, 0.25) is 0 Å². The van der Waals surface area contributed by atoms with E-state index < -0.39 is 0 Å². The third-order valence-electron chi connectivity index (χ3n) is 1.31. The number of aliphatic imine (C=N–C) groups is 1. The summed E-state index contributed by atoms with van der Waals surface area (Å²) in [6.07, 6.45) is 3.30. The van der Waals surface area contributed by atoms with Gasteiger partial charge >= 0.3 is 0 Å². The van der Waals surface area contributed by atoms with E-state index in [1.165, 1.54) is 6.92 Å². The van der Waals surface area contributed by atoms with Crippen molar-refractivity contribution in [3.63, 3.8) is 0 Å². The van der Waals surface area contributed by atoms with Gasteiger partial charge in [-0.2, -0.15) is 0 Å². The van der Waals surface area contributed by atoms with E-state index in [1.807, 2.05) is 6.92 Å². The van der Waals surface area contributed by atoms with Gasteiger partial charge in [-0.15, -0.1) is 11.8 Å². The van der Waals surface area contributed by atoms with Crippen molar-refractivity contribution in [3.8, 4) is 0 Å². The molecule has 13 heavy (non-hydrogen) atoms. The number of nitrogens with zero attached hydrogens (tertiary/aromatic N) is 1. The molecular weight excluding hydrogens is 182 g/mol. The molecule has 0 atom stereocenters. The van der Waals surface area contributed by atoms with Gasteiger partial charge in [0.05, 0.1) is 0 Å². The van der Waals surface area contributed by atoms with Gasteiger partial charge in [-0.25, -0.2) is 0 Å². The lowest BCUT2D eigenvalue weighted by molar-refractivity contribution is -0.113. The number of rotatable bonds is 5. The standard InChI is InChI=1S/C10H15NOS/c1-5-9(13-7-3)10(8(4)12)11-6-2/h5-6H,1,7H2,2-4H3/b10-9+,11-6-. The Labute approximate surface area is 83.8 Å². The second-order valence-electron chi connectivity index (χ2n) is 2.29. The molecule has 0 bridgehead atoms. The summed E-state index contributed by atoms with van der Waals surface area (Å²) < 4.78 is 0. The summed E-state index contributed by atoms with van der Waals surface area (Å²) in [5.74, 6) is 0.895. The number of carbonyl (C=O) groups excluding carboxylic acids is 1. The topological polar surface area (TPSA) is 29.4 Å². The minimum Gasteiger partial charge on any atom is -0.293 e. The molecule has 0 aliphatic heterocycles. The SMILES string of the molecule is C=C/C(SCC)=C(\N=C/C)C(C)=O. The van der Waals surface area contributed by atoms with Crippen molar-refractivity contribution in [3.05, 3.63) is 23.3 Å². The molecule has 3 heteroatoms. The number of allylic oxidation sites excluding steroid dienone is 2. The molecule has 0 aromatic heterocycles. The van der Waals surface area contributed by atoms with Crippen molar-refractivity contribution < 1.29 is 4.79 Å². The summed E-state index contributed by atoms with van der Waals surface area (Å²) in [6, 6.07) is 0. The normalized spacial score (nSPS) is 12.8. The number of carbonyl (C=O) groups is 1. The molecule has 0 amide bonds. The molecule has 0 radical (unpaired) electrons. The average Bonchev–Trinajstić information content (AvgIpc) is 2.10. The van der Waals surface area contributed by atoms with E-state index in [0.29, 0.717) is 5.70 Å². The molecule has 0 heterocycles. The highest BCUT2D eigenvalue weighted by Gasteiger charge is 2.06. The fourth-order valence-electron chi connectivity index (χ4n) is 0.837. The van der Waals surface area contributed by atoms with Gasteiger partial charge in [0.25, 0.3) is 0 Å². The third-order valence-corrected chi connectivity index (χ3v) is 2.27. The fraction of sp³-hybridized carbons (Fsp3) is 0.400. The minimum atomic E-state index is -0.0195. The number of hydrogen-bond acceptors (Lipinski definition) is 3. The van der Waals surface area contributed by atoms with Crippen LogP contribution in [-0.2, 0) is 4.79 Å². The number of hydrogen-bond donors (Lipinski definition) is 0. The van der Waals surface area contributed by atoms with Crippen molar-refractivity contribution in [1.82, 2.24) is 0 Å². The van der Waals surface area contributed by atoms with Crippen LogP contribution in [0.1, 0.15) is 20.8 Å². The summed E-state index contributed by atoms with van der Waals surface area (Å²) in [6.45, 7) is 9.00. The highest BCUT2D eigenvalue weighted by atomic mass is 32.2. The Morgan fingerprint density at radius 1 is 1.62 bits per heavy atom. The Kier molecular flexibility index (Phi) is 6.24. The van der Waals surface area contributed by atoms with Gasteiger partial charge in [0.1, 0.15) is 5.70 Å². The summed E-state index contributed by atoms with van der Waals surface area (Å²) in [7, 11) is 0. The first-order valence-corrected chi connectivity index (χ1v) is 5.15. The molecule has 0 fully saturated rings. The van der Waals surface area contributed by atoms with Crippen LogP contribution in [-0.4, -0.2) is 17.8 Å². The lowest BCUT2D eigenvalue weighted by Gasteiger charge is -2.02. The summed E-state index contributed by atoms with van der Waals surface area (Å²) in [5.41, 5.74) is 0.504. The second-order valence-corrected chi connectivity index (χ2v) is 3.60. The number of thioether (sulfide) groups is 1. The van der Waals surface area contributed by atoms with Crippen LogP contribution in [0.3, 0.4) is 0 Å².